The van der Waals surface area contributed by atoms with Crippen LogP contribution in [0.3, 0.4) is 0 Å². The Morgan fingerprint density at radius 2 is 2.17 bits per heavy atom. The summed E-state index contributed by atoms with van der Waals surface area (Å²) in [6.45, 7) is 6.66. The van der Waals surface area contributed by atoms with Crippen molar-refractivity contribution in [3.05, 3.63) is 48.6 Å². The van der Waals surface area contributed by atoms with Crippen LogP contribution in [-0.2, 0) is 9.47 Å². The number of benzene rings is 1. The van der Waals surface area contributed by atoms with Gasteiger partial charge in [-0.1, -0.05) is 49.8 Å². The third-order valence-corrected chi connectivity index (χ3v) is 4.57. The molecule has 1 aromatic carbocycles. The van der Waals surface area contributed by atoms with Gasteiger partial charge in [0.1, 0.15) is 6.07 Å². The molecule has 0 amide bonds. The molecule has 0 radical (unpaired) electrons. The number of allylic oxidation sites excluding steroid dienone is 1. The molecule has 1 saturated heterocycles. The van der Waals surface area contributed by atoms with E-state index in [-0.39, 0.29) is 6.10 Å². The van der Waals surface area contributed by atoms with Crippen molar-refractivity contribution >= 4 is 0 Å². The number of hydrogen-bond donors (Lipinski definition) is 0. The smallest absolute Gasteiger partial charge is 0.259 e. The fourth-order valence-electron chi connectivity index (χ4n) is 3.12. The lowest BCUT2D eigenvalue weighted by Crippen LogP contribution is -2.31. The lowest BCUT2D eigenvalue weighted by molar-refractivity contribution is -0.201. The first-order chi connectivity index (χ1) is 11.2. The van der Waals surface area contributed by atoms with Crippen molar-refractivity contribution in [1.29, 1.82) is 5.26 Å². The molecule has 2 rings (SSSR count). The molecule has 1 fully saturated rings. The topological polar surface area (TPSA) is 42.2 Å². The van der Waals surface area contributed by atoms with Crippen molar-refractivity contribution in [2.45, 2.75) is 57.3 Å². The fourth-order valence-corrected chi connectivity index (χ4v) is 3.12. The van der Waals surface area contributed by atoms with Crippen molar-refractivity contribution in [2.75, 3.05) is 6.61 Å². The highest BCUT2D eigenvalue weighted by atomic mass is 16.7. The Labute approximate surface area is 139 Å². The van der Waals surface area contributed by atoms with Crippen molar-refractivity contribution in [3.63, 3.8) is 0 Å². The van der Waals surface area contributed by atoms with E-state index in [0.717, 1.165) is 37.7 Å². The molecule has 3 nitrogen and oxygen atoms in total. The van der Waals surface area contributed by atoms with Gasteiger partial charge in [0.2, 0.25) is 0 Å². The van der Waals surface area contributed by atoms with E-state index in [1.165, 1.54) is 0 Å². The minimum absolute atomic E-state index is 0.104. The van der Waals surface area contributed by atoms with E-state index in [1.807, 2.05) is 24.3 Å². The summed E-state index contributed by atoms with van der Waals surface area (Å²) in [6.07, 6.45) is 7.52. The quantitative estimate of drug-likeness (QED) is 0.592. The van der Waals surface area contributed by atoms with Gasteiger partial charge in [0, 0.05) is 6.42 Å². The average molecular weight is 313 g/mol. The van der Waals surface area contributed by atoms with Gasteiger partial charge >= 0.3 is 0 Å². The molecule has 1 heterocycles. The van der Waals surface area contributed by atoms with Gasteiger partial charge in [-0.25, -0.2) is 0 Å². The Morgan fingerprint density at radius 3 is 2.74 bits per heavy atom. The Balaban J connectivity index is 2.09. The van der Waals surface area contributed by atoms with E-state index in [2.05, 4.69) is 31.7 Å². The molecule has 0 N–H and O–H groups in total. The zero-order chi connectivity index (χ0) is 16.5. The van der Waals surface area contributed by atoms with Gasteiger partial charge in [-0.05, 0) is 37.2 Å². The van der Waals surface area contributed by atoms with E-state index in [9.17, 15) is 5.26 Å². The molecule has 1 aromatic rings. The standard InChI is InChI=1S/C20H27NO2/c1-3-9-17(4-2)12-13-19(18-10-6-5-7-11-18)23-20(16-21)14-8-15-22-20/h3,5-7,10-11,17,19H,1,4,8-9,12-15H2,2H3. The van der Waals surface area contributed by atoms with Crippen molar-refractivity contribution < 1.29 is 9.47 Å². The first-order valence-electron chi connectivity index (χ1n) is 8.62. The highest BCUT2D eigenvalue weighted by Crippen LogP contribution is 2.36. The molecule has 3 unspecified atom stereocenters. The number of hydrogen-bond acceptors (Lipinski definition) is 3. The number of ether oxygens (including phenoxy) is 2. The van der Waals surface area contributed by atoms with Gasteiger partial charge in [-0.3, -0.25) is 0 Å². The van der Waals surface area contributed by atoms with Crippen molar-refractivity contribution in [1.82, 2.24) is 0 Å². The van der Waals surface area contributed by atoms with E-state index in [4.69, 9.17) is 9.47 Å². The maximum atomic E-state index is 9.51. The monoisotopic (exact) mass is 313 g/mol. The van der Waals surface area contributed by atoms with Gasteiger partial charge in [-0.15, -0.1) is 6.58 Å². The summed E-state index contributed by atoms with van der Waals surface area (Å²) in [5.41, 5.74) is 1.12. The van der Waals surface area contributed by atoms with Crippen LogP contribution in [0, 0.1) is 17.2 Å². The molecule has 3 heteroatoms. The van der Waals surface area contributed by atoms with Crippen LogP contribution in [0.4, 0.5) is 0 Å². The van der Waals surface area contributed by atoms with Crippen LogP contribution in [0.1, 0.15) is 57.1 Å². The Bertz CT molecular complexity index is 514. The van der Waals surface area contributed by atoms with Gasteiger partial charge in [0.25, 0.3) is 5.79 Å². The zero-order valence-corrected chi connectivity index (χ0v) is 14.0. The van der Waals surface area contributed by atoms with Gasteiger partial charge in [0.05, 0.1) is 12.7 Å². The molecule has 23 heavy (non-hydrogen) atoms. The Morgan fingerprint density at radius 1 is 1.39 bits per heavy atom. The summed E-state index contributed by atoms with van der Waals surface area (Å²) in [5.74, 6) is -0.453. The predicted molar refractivity (Wildman–Crippen MR) is 91.6 cm³/mol. The summed E-state index contributed by atoms with van der Waals surface area (Å²) in [4.78, 5) is 0. The molecule has 1 aliphatic rings. The van der Waals surface area contributed by atoms with E-state index < -0.39 is 5.79 Å². The summed E-state index contributed by atoms with van der Waals surface area (Å²) in [7, 11) is 0. The van der Waals surface area contributed by atoms with E-state index in [1.54, 1.807) is 0 Å². The highest BCUT2D eigenvalue weighted by molar-refractivity contribution is 5.18. The minimum atomic E-state index is -1.07. The van der Waals surface area contributed by atoms with Crippen LogP contribution in [-0.4, -0.2) is 12.4 Å². The van der Waals surface area contributed by atoms with Crippen LogP contribution in [0.5, 0.6) is 0 Å². The fraction of sp³-hybridized carbons (Fsp3) is 0.550. The summed E-state index contributed by atoms with van der Waals surface area (Å²) >= 11 is 0. The van der Waals surface area contributed by atoms with Gasteiger partial charge < -0.3 is 9.47 Å². The van der Waals surface area contributed by atoms with Crippen LogP contribution in [0.2, 0.25) is 0 Å². The molecule has 3 atom stereocenters. The third-order valence-electron chi connectivity index (χ3n) is 4.57. The second kappa shape index (κ2) is 8.86. The molecule has 1 aliphatic heterocycles. The van der Waals surface area contributed by atoms with Crippen LogP contribution in [0.25, 0.3) is 0 Å². The summed E-state index contributed by atoms with van der Waals surface area (Å²) < 4.78 is 11.8. The number of nitrogens with zero attached hydrogens (tertiary/aromatic N) is 1. The molecule has 0 bridgehead atoms. The summed E-state index contributed by atoms with van der Waals surface area (Å²) in [6, 6.07) is 12.4. The first kappa shape index (κ1) is 17.7. The third kappa shape index (κ3) is 4.92. The molecule has 0 spiro atoms. The lowest BCUT2D eigenvalue weighted by atomic mass is 9.93. The zero-order valence-electron chi connectivity index (χ0n) is 14.0. The second-order valence-corrected chi connectivity index (χ2v) is 6.21. The molecule has 124 valence electrons. The van der Waals surface area contributed by atoms with Crippen LogP contribution < -0.4 is 0 Å². The Kier molecular flexibility index (Phi) is 6.83. The van der Waals surface area contributed by atoms with Gasteiger partial charge in [0.15, 0.2) is 0 Å². The van der Waals surface area contributed by atoms with Gasteiger partial charge in [-0.2, -0.15) is 5.26 Å². The maximum Gasteiger partial charge on any atom is 0.259 e. The normalized spacial score (nSPS) is 23.1. The van der Waals surface area contributed by atoms with Crippen LogP contribution in [0.15, 0.2) is 43.0 Å². The van der Waals surface area contributed by atoms with Crippen molar-refractivity contribution in [2.24, 2.45) is 5.92 Å². The van der Waals surface area contributed by atoms with E-state index >= 15 is 0 Å². The number of nitriles is 1. The van der Waals surface area contributed by atoms with Crippen molar-refractivity contribution in [3.8, 4) is 6.07 Å². The predicted octanol–water partition coefficient (Wildman–Crippen LogP) is 5.16. The lowest BCUT2D eigenvalue weighted by Gasteiger charge is -2.28. The average Bonchev–Trinajstić information content (AvgIpc) is 3.07. The minimum Gasteiger partial charge on any atom is -0.338 e. The molecular weight excluding hydrogens is 286 g/mol. The maximum absolute atomic E-state index is 9.51. The highest BCUT2D eigenvalue weighted by Gasteiger charge is 2.39. The first-order valence-corrected chi connectivity index (χ1v) is 8.62. The molecule has 0 saturated carbocycles. The summed E-state index contributed by atoms with van der Waals surface area (Å²) in [5, 5.41) is 9.51. The molecule has 0 aromatic heterocycles. The molecular formula is C20H27NO2. The van der Waals surface area contributed by atoms with Crippen LogP contribution >= 0.6 is 0 Å². The number of rotatable bonds is 9. The second-order valence-electron chi connectivity index (χ2n) is 6.21. The molecule has 0 aliphatic carbocycles. The van der Waals surface area contributed by atoms with E-state index in [0.29, 0.717) is 18.9 Å². The Hall–Kier alpha value is -1.63. The largest absolute Gasteiger partial charge is 0.338 e. The SMILES string of the molecule is C=CCC(CC)CCC(OC1(C#N)CCCO1)c1ccccc1.